The molecule has 35 heavy (non-hydrogen) atoms. The van der Waals surface area contributed by atoms with Crippen molar-refractivity contribution in [1.29, 1.82) is 5.26 Å². The van der Waals surface area contributed by atoms with Gasteiger partial charge in [-0.15, -0.1) is 0 Å². The predicted octanol–water partition coefficient (Wildman–Crippen LogP) is 5.68. The number of nitrogens with zero attached hydrogens (tertiary/aromatic N) is 1. The van der Waals surface area contributed by atoms with E-state index >= 15 is 0 Å². The quantitative estimate of drug-likeness (QED) is 0.303. The molecule has 0 saturated heterocycles. The van der Waals surface area contributed by atoms with Crippen molar-refractivity contribution in [1.82, 2.24) is 0 Å². The van der Waals surface area contributed by atoms with Gasteiger partial charge in [-0.2, -0.15) is 5.26 Å². The number of carbonyl (C=O) groups is 1. The number of allylic oxidation sites excluding steroid dienone is 1. The third kappa shape index (κ3) is 4.04. The summed E-state index contributed by atoms with van der Waals surface area (Å²) in [4.78, 5) is 13.0. The van der Waals surface area contributed by atoms with Crippen molar-refractivity contribution in [2.45, 2.75) is 12.8 Å². The van der Waals surface area contributed by atoms with Crippen molar-refractivity contribution >= 4 is 16.7 Å². The SMILES string of the molecule is CCOc1ccccc1C1C(C#N)=C(N)Oc2cc(OC(=O)c3cccc4ccccc34)ccc21. The molecule has 1 aliphatic rings. The zero-order valence-corrected chi connectivity index (χ0v) is 19.0. The highest BCUT2D eigenvalue weighted by molar-refractivity contribution is 6.05. The van der Waals surface area contributed by atoms with Crippen LogP contribution in [-0.4, -0.2) is 12.6 Å². The molecule has 172 valence electrons. The number of esters is 1. The van der Waals surface area contributed by atoms with Crippen LogP contribution in [0.4, 0.5) is 0 Å². The first-order valence-corrected chi connectivity index (χ1v) is 11.2. The van der Waals surface area contributed by atoms with Gasteiger partial charge in [-0.3, -0.25) is 0 Å². The number of nitrogens with two attached hydrogens (primary N) is 1. The fourth-order valence-electron chi connectivity index (χ4n) is 4.39. The van der Waals surface area contributed by atoms with Crippen LogP contribution in [0, 0.1) is 11.3 Å². The Bertz CT molecular complexity index is 1510. The van der Waals surface area contributed by atoms with Gasteiger partial charge in [0.25, 0.3) is 0 Å². The van der Waals surface area contributed by atoms with Crippen LogP contribution in [0.15, 0.2) is 96.4 Å². The zero-order chi connectivity index (χ0) is 24.4. The fourth-order valence-corrected chi connectivity index (χ4v) is 4.39. The minimum atomic E-state index is -0.477. The number of hydrogen-bond donors (Lipinski definition) is 1. The molecular weight excluding hydrogens is 440 g/mol. The smallest absolute Gasteiger partial charge is 0.344 e. The number of hydrogen-bond acceptors (Lipinski definition) is 6. The number of rotatable bonds is 5. The van der Waals surface area contributed by atoms with Gasteiger partial charge in [0.15, 0.2) is 0 Å². The molecule has 0 aliphatic carbocycles. The molecule has 1 atom stereocenters. The number of carbonyl (C=O) groups excluding carboxylic acids is 1. The maximum absolute atomic E-state index is 13.0. The topological polar surface area (TPSA) is 94.6 Å². The zero-order valence-electron chi connectivity index (χ0n) is 19.0. The molecule has 0 saturated carbocycles. The Morgan fingerprint density at radius 2 is 1.77 bits per heavy atom. The van der Waals surface area contributed by atoms with Crippen LogP contribution in [0.1, 0.15) is 34.3 Å². The van der Waals surface area contributed by atoms with Gasteiger partial charge < -0.3 is 19.9 Å². The lowest BCUT2D eigenvalue weighted by atomic mass is 9.83. The lowest BCUT2D eigenvalue weighted by molar-refractivity contribution is 0.0736. The first-order valence-electron chi connectivity index (χ1n) is 11.2. The summed E-state index contributed by atoms with van der Waals surface area (Å²) < 4.78 is 17.3. The van der Waals surface area contributed by atoms with Gasteiger partial charge in [0.2, 0.25) is 5.88 Å². The molecule has 0 aromatic heterocycles. The molecule has 1 heterocycles. The maximum Gasteiger partial charge on any atom is 0.344 e. The molecule has 2 N–H and O–H groups in total. The molecular formula is C29H22N2O4. The van der Waals surface area contributed by atoms with Crippen LogP contribution in [0.3, 0.4) is 0 Å². The summed E-state index contributed by atoms with van der Waals surface area (Å²) >= 11 is 0. The summed E-state index contributed by atoms with van der Waals surface area (Å²) in [5.74, 6) is 0.452. The third-order valence-electron chi connectivity index (χ3n) is 5.94. The largest absolute Gasteiger partial charge is 0.494 e. The normalized spacial score (nSPS) is 14.6. The second-order valence-corrected chi connectivity index (χ2v) is 8.01. The van der Waals surface area contributed by atoms with Crippen LogP contribution < -0.4 is 19.9 Å². The Labute approximate surface area is 202 Å². The van der Waals surface area contributed by atoms with Gasteiger partial charge in [0.1, 0.15) is 28.9 Å². The highest BCUT2D eigenvalue weighted by Gasteiger charge is 2.33. The van der Waals surface area contributed by atoms with Gasteiger partial charge in [0, 0.05) is 17.2 Å². The molecule has 6 nitrogen and oxygen atoms in total. The molecule has 1 aliphatic heterocycles. The average molecular weight is 463 g/mol. The molecule has 1 unspecified atom stereocenters. The van der Waals surface area contributed by atoms with E-state index in [9.17, 15) is 10.1 Å². The highest BCUT2D eigenvalue weighted by Crippen LogP contribution is 2.46. The first-order chi connectivity index (χ1) is 17.1. The summed E-state index contributed by atoms with van der Waals surface area (Å²) in [7, 11) is 0. The Balaban J connectivity index is 1.52. The second-order valence-electron chi connectivity index (χ2n) is 8.01. The van der Waals surface area contributed by atoms with Gasteiger partial charge in [-0.1, -0.05) is 60.7 Å². The van der Waals surface area contributed by atoms with Crippen LogP contribution in [-0.2, 0) is 0 Å². The Hall–Kier alpha value is -4.76. The van der Waals surface area contributed by atoms with Crippen LogP contribution in [0.25, 0.3) is 10.8 Å². The molecule has 0 spiro atoms. The minimum absolute atomic E-state index is 0.00818. The Morgan fingerprint density at radius 1 is 1.00 bits per heavy atom. The number of para-hydroxylation sites is 1. The molecule has 5 rings (SSSR count). The van der Waals surface area contributed by atoms with Crippen LogP contribution >= 0.6 is 0 Å². The van der Waals surface area contributed by atoms with Crippen LogP contribution in [0.5, 0.6) is 17.2 Å². The molecule has 6 heteroatoms. The molecule has 0 fully saturated rings. The average Bonchev–Trinajstić information content (AvgIpc) is 2.88. The van der Waals surface area contributed by atoms with E-state index in [1.807, 2.05) is 67.6 Å². The van der Waals surface area contributed by atoms with E-state index in [0.717, 1.165) is 21.9 Å². The van der Waals surface area contributed by atoms with Gasteiger partial charge in [-0.25, -0.2) is 4.79 Å². The van der Waals surface area contributed by atoms with Gasteiger partial charge in [-0.05, 0) is 35.9 Å². The van der Waals surface area contributed by atoms with E-state index in [4.69, 9.17) is 19.9 Å². The minimum Gasteiger partial charge on any atom is -0.494 e. The number of fused-ring (bicyclic) bond motifs is 2. The summed E-state index contributed by atoms with van der Waals surface area (Å²) in [5.41, 5.74) is 8.45. The maximum atomic E-state index is 13.0. The molecule has 4 aromatic rings. The van der Waals surface area contributed by atoms with Crippen LogP contribution in [0.2, 0.25) is 0 Å². The summed E-state index contributed by atoms with van der Waals surface area (Å²) in [5, 5.41) is 11.6. The third-order valence-corrected chi connectivity index (χ3v) is 5.94. The summed E-state index contributed by atoms with van der Waals surface area (Å²) in [6.07, 6.45) is 0. The van der Waals surface area contributed by atoms with Crippen molar-refractivity contribution in [3.63, 3.8) is 0 Å². The fraction of sp³-hybridized carbons (Fsp3) is 0.103. The number of benzene rings is 4. The van der Waals surface area contributed by atoms with Crippen molar-refractivity contribution in [3.8, 4) is 23.3 Å². The lowest BCUT2D eigenvalue weighted by Gasteiger charge is -2.27. The summed E-state index contributed by atoms with van der Waals surface area (Å²) in [6, 6.07) is 28.0. The van der Waals surface area contributed by atoms with E-state index in [2.05, 4.69) is 6.07 Å². The van der Waals surface area contributed by atoms with Crippen molar-refractivity contribution in [2.24, 2.45) is 5.73 Å². The van der Waals surface area contributed by atoms with E-state index in [0.29, 0.717) is 35.0 Å². The lowest BCUT2D eigenvalue weighted by Crippen LogP contribution is -2.21. The molecule has 0 bridgehead atoms. The van der Waals surface area contributed by atoms with Crippen molar-refractivity contribution < 1.29 is 19.0 Å². The highest BCUT2D eigenvalue weighted by atomic mass is 16.5. The van der Waals surface area contributed by atoms with Crippen molar-refractivity contribution in [2.75, 3.05) is 6.61 Å². The van der Waals surface area contributed by atoms with E-state index < -0.39 is 11.9 Å². The predicted molar refractivity (Wildman–Crippen MR) is 132 cm³/mol. The molecule has 0 amide bonds. The Kier molecular flexibility index (Phi) is 5.82. The first kappa shape index (κ1) is 22.1. The number of ether oxygens (including phenoxy) is 3. The standard InChI is InChI=1S/C29H22N2O4/c1-2-33-25-13-6-5-11-22(25)27-23-15-14-19(16-26(23)35-28(31)24(27)17-30)34-29(32)21-12-7-9-18-8-3-4-10-20(18)21/h3-16,27H,2,31H2,1H3. The van der Waals surface area contributed by atoms with Gasteiger partial charge >= 0.3 is 5.97 Å². The van der Waals surface area contributed by atoms with E-state index in [1.165, 1.54) is 0 Å². The Morgan fingerprint density at radius 3 is 2.60 bits per heavy atom. The summed E-state index contributed by atoms with van der Waals surface area (Å²) in [6.45, 7) is 2.39. The second kappa shape index (κ2) is 9.24. The molecule has 0 radical (unpaired) electrons. The molecule has 4 aromatic carbocycles. The van der Waals surface area contributed by atoms with Gasteiger partial charge in [0.05, 0.1) is 18.1 Å². The van der Waals surface area contributed by atoms with E-state index in [-0.39, 0.29) is 5.88 Å². The monoisotopic (exact) mass is 462 g/mol. The van der Waals surface area contributed by atoms with Crippen molar-refractivity contribution in [3.05, 3.63) is 113 Å². The van der Waals surface area contributed by atoms with E-state index in [1.54, 1.807) is 24.3 Å². The number of nitriles is 1.